The van der Waals surface area contributed by atoms with Gasteiger partial charge in [0.05, 0.1) is 0 Å². The van der Waals surface area contributed by atoms with Crippen LogP contribution in [0.3, 0.4) is 0 Å². The van der Waals surface area contributed by atoms with Crippen LogP contribution in [0.5, 0.6) is 34.5 Å². The summed E-state index contributed by atoms with van der Waals surface area (Å²) in [5.74, 6) is 4.42. The Labute approximate surface area is 171 Å². The van der Waals surface area contributed by atoms with Gasteiger partial charge in [-0.1, -0.05) is 47.5 Å². The molecule has 3 heteroatoms. The van der Waals surface area contributed by atoms with Gasteiger partial charge in [-0.2, -0.15) is 0 Å². The molecule has 144 valence electrons. The van der Waals surface area contributed by atoms with Crippen LogP contribution in [0.15, 0.2) is 97.1 Å². The van der Waals surface area contributed by atoms with Crippen LogP contribution in [0.2, 0.25) is 0 Å². The topological polar surface area (TPSA) is 27.7 Å². The summed E-state index contributed by atoms with van der Waals surface area (Å²) in [6, 6.07) is 31.1. The van der Waals surface area contributed by atoms with E-state index < -0.39 is 0 Å². The molecule has 0 heterocycles. The van der Waals surface area contributed by atoms with Gasteiger partial charge >= 0.3 is 0 Å². The second-order valence-electron chi connectivity index (χ2n) is 6.88. The van der Waals surface area contributed by atoms with Gasteiger partial charge in [0.25, 0.3) is 0 Å². The largest absolute Gasteiger partial charge is 0.457 e. The smallest absolute Gasteiger partial charge is 0.131 e. The first kappa shape index (κ1) is 18.6. The number of hydrogen-bond donors (Lipinski definition) is 0. The number of aryl methyl sites for hydroxylation is 2. The van der Waals surface area contributed by atoms with Crippen LogP contribution in [-0.4, -0.2) is 0 Å². The summed E-state index contributed by atoms with van der Waals surface area (Å²) in [4.78, 5) is 0. The number of ether oxygens (including phenoxy) is 3. The molecular weight excluding hydrogens is 360 g/mol. The Balaban J connectivity index is 1.46. The number of benzene rings is 4. The SMILES string of the molecule is Cc1ccc(Oc2cccc(Oc3cccc(Oc4ccc(C)cc4)c3)c2)cc1. The van der Waals surface area contributed by atoms with Crippen LogP contribution in [0.4, 0.5) is 0 Å². The molecule has 0 aliphatic rings. The first-order valence-corrected chi connectivity index (χ1v) is 9.51. The van der Waals surface area contributed by atoms with E-state index in [9.17, 15) is 0 Å². The van der Waals surface area contributed by atoms with Crippen molar-refractivity contribution < 1.29 is 14.2 Å². The number of hydrogen-bond acceptors (Lipinski definition) is 3. The van der Waals surface area contributed by atoms with Gasteiger partial charge in [0.1, 0.15) is 34.5 Å². The fourth-order valence-corrected chi connectivity index (χ4v) is 2.82. The first-order valence-electron chi connectivity index (χ1n) is 9.51. The van der Waals surface area contributed by atoms with Crippen molar-refractivity contribution in [3.63, 3.8) is 0 Å². The molecule has 29 heavy (non-hydrogen) atoms. The molecule has 0 radical (unpaired) electrons. The second kappa shape index (κ2) is 8.53. The van der Waals surface area contributed by atoms with Crippen LogP contribution in [-0.2, 0) is 0 Å². The fraction of sp³-hybridized carbons (Fsp3) is 0.0769. The van der Waals surface area contributed by atoms with E-state index in [-0.39, 0.29) is 0 Å². The summed E-state index contributed by atoms with van der Waals surface area (Å²) in [6.45, 7) is 4.10. The zero-order valence-corrected chi connectivity index (χ0v) is 16.5. The van der Waals surface area contributed by atoms with Gasteiger partial charge in [-0.3, -0.25) is 0 Å². The molecule has 4 aromatic carbocycles. The molecule has 0 bridgehead atoms. The molecule has 3 nitrogen and oxygen atoms in total. The zero-order chi connectivity index (χ0) is 20.1. The molecule has 0 aliphatic heterocycles. The Morgan fingerprint density at radius 3 is 1.03 bits per heavy atom. The van der Waals surface area contributed by atoms with Gasteiger partial charge in [-0.15, -0.1) is 0 Å². The highest BCUT2D eigenvalue weighted by atomic mass is 16.5. The minimum Gasteiger partial charge on any atom is -0.457 e. The van der Waals surface area contributed by atoms with Gasteiger partial charge < -0.3 is 14.2 Å². The fourth-order valence-electron chi connectivity index (χ4n) is 2.82. The van der Waals surface area contributed by atoms with Crippen molar-refractivity contribution in [2.24, 2.45) is 0 Å². The normalized spacial score (nSPS) is 10.4. The van der Waals surface area contributed by atoms with Crippen LogP contribution in [0.1, 0.15) is 11.1 Å². The predicted molar refractivity (Wildman–Crippen MR) is 115 cm³/mol. The lowest BCUT2D eigenvalue weighted by molar-refractivity contribution is 0.451. The average molecular weight is 382 g/mol. The minimum atomic E-state index is 0.696. The van der Waals surface area contributed by atoms with Gasteiger partial charge in [-0.25, -0.2) is 0 Å². The van der Waals surface area contributed by atoms with Gasteiger partial charge in [0.2, 0.25) is 0 Å². The lowest BCUT2D eigenvalue weighted by Gasteiger charge is -2.11. The lowest BCUT2D eigenvalue weighted by atomic mass is 10.2. The average Bonchev–Trinajstić information content (AvgIpc) is 2.72. The van der Waals surface area contributed by atoms with Gasteiger partial charge in [-0.05, 0) is 62.4 Å². The summed E-state index contributed by atoms with van der Waals surface area (Å²) in [6.07, 6.45) is 0. The molecule has 0 N–H and O–H groups in total. The molecule has 0 unspecified atom stereocenters. The molecule has 0 fully saturated rings. The quantitative estimate of drug-likeness (QED) is 0.342. The van der Waals surface area contributed by atoms with Crippen molar-refractivity contribution in [2.45, 2.75) is 13.8 Å². The van der Waals surface area contributed by atoms with E-state index in [0.29, 0.717) is 11.5 Å². The van der Waals surface area contributed by atoms with E-state index in [2.05, 4.69) is 13.8 Å². The molecule has 0 amide bonds. The predicted octanol–water partition coefficient (Wildman–Crippen LogP) is 7.68. The van der Waals surface area contributed by atoms with Crippen LogP contribution in [0.25, 0.3) is 0 Å². The summed E-state index contributed by atoms with van der Waals surface area (Å²) in [5.41, 5.74) is 2.39. The Hall–Kier alpha value is -3.72. The molecule has 4 aromatic rings. The molecule has 0 aromatic heterocycles. The Bertz CT molecular complexity index is 994. The minimum absolute atomic E-state index is 0.696. The van der Waals surface area contributed by atoms with E-state index in [1.165, 1.54) is 11.1 Å². The molecule has 4 rings (SSSR count). The lowest BCUT2D eigenvalue weighted by Crippen LogP contribution is -1.89. The van der Waals surface area contributed by atoms with Crippen molar-refractivity contribution in [1.82, 2.24) is 0 Å². The third-order valence-corrected chi connectivity index (χ3v) is 4.36. The maximum atomic E-state index is 6.01. The second-order valence-corrected chi connectivity index (χ2v) is 6.88. The third-order valence-electron chi connectivity index (χ3n) is 4.36. The van der Waals surface area contributed by atoms with Crippen LogP contribution in [0, 0.1) is 13.8 Å². The molecule has 0 atom stereocenters. The molecule has 0 aliphatic carbocycles. The molecular formula is C26H22O3. The van der Waals surface area contributed by atoms with Gasteiger partial charge in [0.15, 0.2) is 0 Å². The monoisotopic (exact) mass is 382 g/mol. The molecule has 0 saturated heterocycles. The maximum absolute atomic E-state index is 6.01. The van der Waals surface area contributed by atoms with E-state index in [1.54, 1.807) is 0 Å². The molecule has 0 saturated carbocycles. The zero-order valence-electron chi connectivity index (χ0n) is 16.5. The van der Waals surface area contributed by atoms with Gasteiger partial charge in [0, 0.05) is 12.1 Å². The highest BCUT2D eigenvalue weighted by molar-refractivity contribution is 5.42. The van der Waals surface area contributed by atoms with Crippen LogP contribution >= 0.6 is 0 Å². The van der Waals surface area contributed by atoms with Crippen molar-refractivity contribution >= 4 is 0 Å². The van der Waals surface area contributed by atoms with Crippen molar-refractivity contribution in [3.8, 4) is 34.5 Å². The Morgan fingerprint density at radius 2 is 0.690 bits per heavy atom. The van der Waals surface area contributed by atoms with Crippen molar-refractivity contribution in [3.05, 3.63) is 108 Å². The Kier molecular flexibility index (Phi) is 5.48. The summed E-state index contributed by atoms with van der Waals surface area (Å²) in [5, 5.41) is 0. The first-order chi connectivity index (χ1) is 14.1. The van der Waals surface area contributed by atoms with E-state index in [0.717, 1.165) is 23.0 Å². The van der Waals surface area contributed by atoms with Crippen molar-refractivity contribution in [1.29, 1.82) is 0 Å². The highest BCUT2D eigenvalue weighted by Crippen LogP contribution is 2.31. The van der Waals surface area contributed by atoms with E-state index in [1.807, 2.05) is 97.1 Å². The van der Waals surface area contributed by atoms with E-state index in [4.69, 9.17) is 14.2 Å². The van der Waals surface area contributed by atoms with Crippen LogP contribution < -0.4 is 14.2 Å². The summed E-state index contributed by atoms with van der Waals surface area (Å²) < 4.78 is 17.9. The standard InChI is InChI=1S/C26H22O3/c1-19-9-13-21(14-10-19)27-23-5-3-7-25(17-23)29-26-8-4-6-24(18-26)28-22-15-11-20(2)12-16-22/h3-18H,1-2H3. The number of rotatable bonds is 6. The van der Waals surface area contributed by atoms with Crippen molar-refractivity contribution in [2.75, 3.05) is 0 Å². The summed E-state index contributed by atoms with van der Waals surface area (Å²) >= 11 is 0. The molecule has 0 spiro atoms. The maximum Gasteiger partial charge on any atom is 0.131 e. The highest BCUT2D eigenvalue weighted by Gasteiger charge is 2.04. The summed E-state index contributed by atoms with van der Waals surface area (Å²) in [7, 11) is 0. The van der Waals surface area contributed by atoms with E-state index >= 15 is 0 Å². The third kappa shape index (κ3) is 5.17. The Morgan fingerprint density at radius 1 is 0.379 bits per heavy atom.